The van der Waals surface area contributed by atoms with Gasteiger partial charge >= 0.3 is 0 Å². The van der Waals surface area contributed by atoms with Gasteiger partial charge in [0.2, 0.25) is 11.8 Å². The van der Waals surface area contributed by atoms with Crippen LogP contribution in [-0.2, 0) is 13.1 Å². The summed E-state index contributed by atoms with van der Waals surface area (Å²) < 4.78 is 10.6. The molecule has 134 valence electrons. The standard InChI is InChI=1S/C19H21N5O2/c1-20-19(22-11-14-8-9-17(25-2)21-10-14)23-12-16-13-26-18(24-16)15-6-4-3-5-7-15/h3-10,13H,11-12H2,1-2H3,(H2,20,22,23). The number of ether oxygens (including phenoxy) is 1. The molecule has 26 heavy (non-hydrogen) atoms. The summed E-state index contributed by atoms with van der Waals surface area (Å²) in [6.45, 7) is 1.11. The van der Waals surface area contributed by atoms with Crippen molar-refractivity contribution in [2.75, 3.05) is 14.2 Å². The van der Waals surface area contributed by atoms with Crippen LogP contribution in [-0.4, -0.2) is 30.1 Å². The van der Waals surface area contributed by atoms with Crippen molar-refractivity contribution >= 4 is 5.96 Å². The second-order valence-electron chi connectivity index (χ2n) is 5.50. The summed E-state index contributed by atoms with van der Waals surface area (Å²) in [6.07, 6.45) is 3.42. The average Bonchev–Trinajstić information content (AvgIpc) is 3.18. The average molecular weight is 351 g/mol. The number of aliphatic imine (C=N–C) groups is 1. The Hall–Kier alpha value is -3.35. The molecule has 0 fully saturated rings. The van der Waals surface area contributed by atoms with E-state index in [0.717, 1.165) is 16.8 Å². The predicted molar refractivity (Wildman–Crippen MR) is 99.8 cm³/mol. The monoisotopic (exact) mass is 351 g/mol. The molecule has 0 unspecified atom stereocenters. The van der Waals surface area contributed by atoms with Crippen LogP contribution in [0.1, 0.15) is 11.3 Å². The van der Waals surface area contributed by atoms with Gasteiger partial charge in [-0.25, -0.2) is 9.97 Å². The number of nitrogens with one attached hydrogen (secondary N) is 2. The second-order valence-corrected chi connectivity index (χ2v) is 5.50. The molecule has 0 aliphatic rings. The third-order valence-corrected chi connectivity index (χ3v) is 3.70. The van der Waals surface area contributed by atoms with Crippen LogP contribution in [0.15, 0.2) is 64.3 Å². The Balaban J connectivity index is 1.52. The van der Waals surface area contributed by atoms with Crippen molar-refractivity contribution in [1.29, 1.82) is 0 Å². The number of oxazole rings is 1. The highest BCUT2D eigenvalue weighted by Crippen LogP contribution is 2.17. The topological polar surface area (TPSA) is 84.6 Å². The normalized spacial score (nSPS) is 11.2. The zero-order valence-corrected chi connectivity index (χ0v) is 14.8. The van der Waals surface area contributed by atoms with E-state index in [1.165, 1.54) is 0 Å². The van der Waals surface area contributed by atoms with Crippen LogP contribution in [0.3, 0.4) is 0 Å². The molecule has 0 radical (unpaired) electrons. The summed E-state index contributed by atoms with van der Waals surface area (Å²) in [7, 11) is 3.32. The number of hydrogen-bond donors (Lipinski definition) is 2. The van der Waals surface area contributed by atoms with Crippen LogP contribution in [0.4, 0.5) is 0 Å². The molecule has 0 spiro atoms. The highest BCUT2D eigenvalue weighted by Gasteiger charge is 2.07. The summed E-state index contributed by atoms with van der Waals surface area (Å²) >= 11 is 0. The van der Waals surface area contributed by atoms with Gasteiger partial charge in [-0.1, -0.05) is 24.3 Å². The summed E-state index contributed by atoms with van der Waals surface area (Å²) in [6, 6.07) is 13.6. The lowest BCUT2D eigenvalue weighted by molar-refractivity contribution is 0.397. The largest absolute Gasteiger partial charge is 0.481 e. The zero-order valence-electron chi connectivity index (χ0n) is 14.8. The maximum Gasteiger partial charge on any atom is 0.226 e. The lowest BCUT2D eigenvalue weighted by atomic mass is 10.2. The molecule has 7 nitrogen and oxygen atoms in total. The van der Waals surface area contributed by atoms with Crippen molar-refractivity contribution in [3.8, 4) is 17.3 Å². The third kappa shape index (κ3) is 4.60. The fourth-order valence-corrected chi connectivity index (χ4v) is 2.32. The number of aromatic nitrogens is 2. The Morgan fingerprint density at radius 1 is 1.12 bits per heavy atom. The lowest BCUT2D eigenvalue weighted by Gasteiger charge is -2.10. The van der Waals surface area contributed by atoms with E-state index in [4.69, 9.17) is 9.15 Å². The Labute approximate surface area is 152 Å². The first kappa shape index (κ1) is 17.5. The fraction of sp³-hybridized carbons (Fsp3) is 0.211. The van der Waals surface area contributed by atoms with E-state index in [-0.39, 0.29) is 0 Å². The molecule has 0 aliphatic heterocycles. The molecule has 0 saturated heterocycles. The smallest absolute Gasteiger partial charge is 0.226 e. The zero-order chi connectivity index (χ0) is 18.2. The first-order valence-electron chi connectivity index (χ1n) is 8.21. The van der Waals surface area contributed by atoms with Gasteiger partial charge in [-0.3, -0.25) is 4.99 Å². The molecule has 7 heteroatoms. The van der Waals surface area contributed by atoms with Gasteiger partial charge in [0.05, 0.1) is 19.3 Å². The van der Waals surface area contributed by atoms with Crippen LogP contribution >= 0.6 is 0 Å². The quantitative estimate of drug-likeness (QED) is 0.525. The fourth-order valence-electron chi connectivity index (χ4n) is 2.32. The molecule has 2 heterocycles. The highest BCUT2D eigenvalue weighted by molar-refractivity contribution is 5.79. The molecular formula is C19H21N5O2. The first-order valence-corrected chi connectivity index (χ1v) is 8.21. The Kier molecular flexibility index (Phi) is 5.82. The van der Waals surface area contributed by atoms with Gasteiger partial charge in [-0.05, 0) is 17.7 Å². The minimum absolute atomic E-state index is 0.511. The van der Waals surface area contributed by atoms with Gasteiger partial charge in [-0.15, -0.1) is 0 Å². The van der Waals surface area contributed by atoms with Crippen molar-refractivity contribution in [3.05, 3.63) is 66.2 Å². The van der Waals surface area contributed by atoms with Crippen LogP contribution in [0.5, 0.6) is 5.88 Å². The molecule has 1 aromatic carbocycles. The van der Waals surface area contributed by atoms with E-state index in [2.05, 4.69) is 25.6 Å². The number of pyridine rings is 1. The Morgan fingerprint density at radius 2 is 1.92 bits per heavy atom. The summed E-state index contributed by atoms with van der Waals surface area (Å²) in [5.74, 6) is 1.87. The Bertz CT molecular complexity index is 844. The summed E-state index contributed by atoms with van der Waals surface area (Å²) in [5.41, 5.74) is 2.78. The number of guanidine groups is 1. The van der Waals surface area contributed by atoms with Crippen molar-refractivity contribution in [1.82, 2.24) is 20.6 Å². The van der Waals surface area contributed by atoms with Crippen molar-refractivity contribution in [3.63, 3.8) is 0 Å². The van der Waals surface area contributed by atoms with Gasteiger partial charge in [0, 0.05) is 31.4 Å². The molecule has 3 aromatic rings. The van der Waals surface area contributed by atoms with Crippen molar-refractivity contribution in [2.45, 2.75) is 13.1 Å². The van der Waals surface area contributed by atoms with Gasteiger partial charge in [0.25, 0.3) is 0 Å². The summed E-state index contributed by atoms with van der Waals surface area (Å²) in [4.78, 5) is 12.9. The lowest BCUT2D eigenvalue weighted by Crippen LogP contribution is -2.36. The predicted octanol–water partition coefficient (Wildman–Crippen LogP) is 2.61. The third-order valence-electron chi connectivity index (χ3n) is 3.70. The molecule has 0 saturated carbocycles. The highest BCUT2D eigenvalue weighted by atomic mass is 16.5. The number of benzene rings is 1. The molecule has 0 bridgehead atoms. The maximum absolute atomic E-state index is 5.54. The van der Waals surface area contributed by atoms with Crippen LogP contribution < -0.4 is 15.4 Å². The van der Waals surface area contributed by atoms with E-state index < -0.39 is 0 Å². The van der Waals surface area contributed by atoms with Gasteiger partial charge in [0.15, 0.2) is 5.96 Å². The number of hydrogen-bond acceptors (Lipinski definition) is 5. The number of methoxy groups -OCH3 is 1. The minimum atomic E-state index is 0.511. The first-order chi connectivity index (χ1) is 12.8. The van der Waals surface area contributed by atoms with Crippen molar-refractivity contribution in [2.24, 2.45) is 4.99 Å². The number of nitrogens with zero attached hydrogens (tertiary/aromatic N) is 3. The van der Waals surface area contributed by atoms with Crippen LogP contribution in [0, 0.1) is 0 Å². The van der Waals surface area contributed by atoms with Crippen molar-refractivity contribution < 1.29 is 9.15 Å². The maximum atomic E-state index is 5.54. The molecular weight excluding hydrogens is 330 g/mol. The molecule has 3 rings (SSSR count). The molecule has 0 atom stereocenters. The van der Waals surface area contributed by atoms with E-state index in [1.807, 2.05) is 42.5 Å². The van der Waals surface area contributed by atoms with Crippen LogP contribution in [0.2, 0.25) is 0 Å². The molecule has 2 aromatic heterocycles. The van der Waals surface area contributed by atoms with Gasteiger partial charge in [-0.2, -0.15) is 0 Å². The van der Waals surface area contributed by atoms with Gasteiger partial charge in [0.1, 0.15) is 6.26 Å². The van der Waals surface area contributed by atoms with E-state index in [0.29, 0.717) is 30.8 Å². The van der Waals surface area contributed by atoms with E-state index in [1.54, 1.807) is 26.6 Å². The SMILES string of the molecule is CN=C(NCc1ccc(OC)nc1)NCc1coc(-c2ccccc2)n1. The molecule has 0 aliphatic carbocycles. The van der Waals surface area contributed by atoms with E-state index in [9.17, 15) is 0 Å². The molecule has 0 amide bonds. The Morgan fingerprint density at radius 3 is 2.62 bits per heavy atom. The van der Waals surface area contributed by atoms with Gasteiger partial charge < -0.3 is 19.8 Å². The number of rotatable bonds is 6. The minimum Gasteiger partial charge on any atom is -0.481 e. The van der Waals surface area contributed by atoms with Crippen LogP contribution in [0.25, 0.3) is 11.5 Å². The molecule has 2 N–H and O–H groups in total. The summed E-state index contributed by atoms with van der Waals surface area (Å²) in [5, 5.41) is 6.45. The second kappa shape index (κ2) is 8.66. The van der Waals surface area contributed by atoms with E-state index >= 15 is 0 Å².